The van der Waals surface area contributed by atoms with E-state index in [9.17, 15) is 8.78 Å². The first-order chi connectivity index (χ1) is 8.47. The zero-order chi connectivity index (χ0) is 13.3. The van der Waals surface area contributed by atoms with Crippen LogP contribution in [0.15, 0.2) is 28.7 Å². The molecule has 0 aliphatic heterocycles. The number of aromatic nitrogens is 1. The van der Waals surface area contributed by atoms with Gasteiger partial charge in [0.2, 0.25) is 0 Å². The summed E-state index contributed by atoms with van der Waals surface area (Å²) in [6.07, 6.45) is 0. The van der Waals surface area contributed by atoms with E-state index in [-0.39, 0.29) is 11.6 Å². The third kappa shape index (κ3) is 2.89. The molecule has 0 radical (unpaired) electrons. The van der Waals surface area contributed by atoms with Gasteiger partial charge < -0.3 is 11.1 Å². The molecule has 1 aromatic heterocycles. The van der Waals surface area contributed by atoms with Gasteiger partial charge in [-0.15, -0.1) is 0 Å². The maximum atomic E-state index is 13.5. The maximum absolute atomic E-state index is 13.5. The molecule has 0 fully saturated rings. The van der Waals surface area contributed by atoms with Crippen molar-refractivity contribution >= 4 is 55.8 Å². The van der Waals surface area contributed by atoms with Crippen LogP contribution in [0.4, 0.5) is 26.1 Å². The first-order valence-electron chi connectivity index (χ1n) is 4.81. The fourth-order valence-electron chi connectivity index (χ4n) is 1.29. The Morgan fingerprint density at radius 1 is 1.22 bits per heavy atom. The van der Waals surface area contributed by atoms with Gasteiger partial charge in [0.15, 0.2) is 23.3 Å². The lowest BCUT2D eigenvalue weighted by Gasteiger charge is -2.10. The molecule has 7 heteroatoms. The number of nitrogen functional groups attached to an aromatic ring is 1. The van der Waals surface area contributed by atoms with Crippen molar-refractivity contribution in [2.24, 2.45) is 0 Å². The van der Waals surface area contributed by atoms with Crippen molar-refractivity contribution in [1.29, 1.82) is 0 Å². The quantitative estimate of drug-likeness (QED) is 0.713. The molecule has 1 aromatic carbocycles. The Morgan fingerprint density at radius 3 is 2.67 bits per heavy atom. The van der Waals surface area contributed by atoms with E-state index >= 15 is 0 Å². The van der Waals surface area contributed by atoms with Crippen LogP contribution >= 0.6 is 38.5 Å². The van der Waals surface area contributed by atoms with Crippen LogP contribution in [0.1, 0.15) is 0 Å². The third-order valence-corrected chi connectivity index (χ3v) is 3.57. The topological polar surface area (TPSA) is 50.9 Å². The van der Waals surface area contributed by atoms with Crippen LogP contribution in [0.3, 0.4) is 0 Å². The molecular weight excluding hydrogens is 419 g/mol. The summed E-state index contributed by atoms with van der Waals surface area (Å²) >= 11 is 5.40. The second-order valence-corrected chi connectivity index (χ2v) is 5.51. The van der Waals surface area contributed by atoms with Crippen molar-refractivity contribution in [3.05, 3.63) is 43.9 Å². The Labute approximate surface area is 124 Å². The van der Waals surface area contributed by atoms with E-state index in [2.05, 4.69) is 48.8 Å². The number of anilines is 3. The highest BCUT2D eigenvalue weighted by Crippen LogP contribution is 2.27. The lowest BCUT2D eigenvalue weighted by Crippen LogP contribution is -2.03. The van der Waals surface area contributed by atoms with E-state index in [1.165, 1.54) is 0 Å². The lowest BCUT2D eigenvalue weighted by molar-refractivity contribution is 0.581. The Morgan fingerprint density at radius 2 is 1.94 bits per heavy atom. The molecule has 94 valence electrons. The average Bonchev–Trinajstić information content (AvgIpc) is 2.30. The number of nitrogens with one attached hydrogen (secondary N) is 1. The second-order valence-electron chi connectivity index (χ2n) is 3.44. The standard InChI is InChI=1S/C11H7BrF2IN3/c12-5-1-2-8(15)9(3-5)17-11-7(14)4-6(13)10(16)18-11/h1-4H,(H3,16,17,18). The predicted molar refractivity (Wildman–Crippen MR) is 78.7 cm³/mol. The molecule has 0 amide bonds. The highest BCUT2D eigenvalue weighted by molar-refractivity contribution is 14.1. The van der Waals surface area contributed by atoms with Crippen molar-refractivity contribution in [3.8, 4) is 0 Å². The average molecular weight is 426 g/mol. The van der Waals surface area contributed by atoms with Gasteiger partial charge in [0.05, 0.1) is 5.69 Å². The summed E-state index contributed by atoms with van der Waals surface area (Å²) in [5.41, 5.74) is 5.96. The fourth-order valence-corrected chi connectivity index (χ4v) is 2.12. The lowest BCUT2D eigenvalue weighted by atomic mass is 10.3. The van der Waals surface area contributed by atoms with Gasteiger partial charge >= 0.3 is 0 Å². The van der Waals surface area contributed by atoms with Crippen LogP contribution in [0.25, 0.3) is 0 Å². The van der Waals surface area contributed by atoms with Crippen molar-refractivity contribution < 1.29 is 8.78 Å². The van der Waals surface area contributed by atoms with E-state index in [1.54, 1.807) is 6.07 Å². The molecule has 3 N–H and O–H groups in total. The molecule has 0 spiro atoms. The number of nitrogens with zero attached hydrogens (tertiary/aromatic N) is 1. The van der Waals surface area contributed by atoms with E-state index in [4.69, 9.17) is 5.73 Å². The smallest absolute Gasteiger partial charge is 0.169 e. The fraction of sp³-hybridized carbons (Fsp3) is 0. The molecule has 0 aliphatic carbocycles. The van der Waals surface area contributed by atoms with Gasteiger partial charge in [-0.2, -0.15) is 0 Å². The summed E-state index contributed by atoms with van der Waals surface area (Å²) in [4.78, 5) is 3.64. The van der Waals surface area contributed by atoms with E-state index in [0.717, 1.165) is 8.04 Å². The molecule has 0 atom stereocenters. The first-order valence-corrected chi connectivity index (χ1v) is 6.68. The first kappa shape index (κ1) is 13.5. The number of rotatable bonds is 2. The van der Waals surface area contributed by atoms with Gasteiger partial charge in [-0.25, -0.2) is 13.8 Å². The number of hydrogen-bond acceptors (Lipinski definition) is 3. The number of halogens is 4. The highest BCUT2D eigenvalue weighted by atomic mass is 127. The minimum atomic E-state index is -0.873. The molecular formula is C11H7BrF2IN3. The number of hydrogen-bond donors (Lipinski definition) is 2. The molecule has 0 saturated carbocycles. The minimum absolute atomic E-state index is 0.107. The zero-order valence-corrected chi connectivity index (χ0v) is 12.6. The summed E-state index contributed by atoms with van der Waals surface area (Å²) in [7, 11) is 0. The molecule has 0 saturated heterocycles. The third-order valence-electron chi connectivity index (χ3n) is 2.14. The Hall–Kier alpha value is -0.960. The largest absolute Gasteiger partial charge is 0.381 e. The van der Waals surface area contributed by atoms with Crippen LogP contribution in [0.2, 0.25) is 0 Å². The van der Waals surface area contributed by atoms with Crippen LogP contribution in [0, 0.1) is 15.2 Å². The number of pyridine rings is 1. The second kappa shape index (κ2) is 5.35. The summed E-state index contributed by atoms with van der Waals surface area (Å²) in [6, 6.07) is 6.17. The monoisotopic (exact) mass is 425 g/mol. The van der Waals surface area contributed by atoms with Gasteiger partial charge in [-0.3, -0.25) is 0 Å². The van der Waals surface area contributed by atoms with Crippen molar-refractivity contribution in [2.75, 3.05) is 11.1 Å². The molecule has 1 heterocycles. The van der Waals surface area contributed by atoms with Gasteiger partial charge in [0, 0.05) is 14.1 Å². The molecule has 2 rings (SSSR count). The molecule has 2 aromatic rings. The number of benzene rings is 1. The Bertz CT molecular complexity index is 607. The summed E-state index contributed by atoms with van der Waals surface area (Å²) < 4.78 is 28.2. The van der Waals surface area contributed by atoms with Crippen LogP contribution in [-0.2, 0) is 0 Å². The van der Waals surface area contributed by atoms with Crippen molar-refractivity contribution in [2.45, 2.75) is 0 Å². The van der Waals surface area contributed by atoms with Gasteiger partial charge in [-0.05, 0) is 40.8 Å². The van der Waals surface area contributed by atoms with Crippen LogP contribution in [-0.4, -0.2) is 4.98 Å². The van der Waals surface area contributed by atoms with Gasteiger partial charge in [0.25, 0.3) is 0 Å². The zero-order valence-electron chi connectivity index (χ0n) is 8.85. The van der Waals surface area contributed by atoms with E-state index in [0.29, 0.717) is 11.8 Å². The van der Waals surface area contributed by atoms with Crippen LogP contribution < -0.4 is 11.1 Å². The van der Waals surface area contributed by atoms with Gasteiger partial charge in [-0.1, -0.05) is 15.9 Å². The van der Waals surface area contributed by atoms with Crippen molar-refractivity contribution in [1.82, 2.24) is 4.98 Å². The summed E-state index contributed by atoms with van der Waals surface area (Å²) in [5.74, 6) is -2.12. The Kier molecular flexibility index (Phi) is 4.00. The van der Waals surface area contributed by atoms with E-state index < -0.39 is 11.6 Å². The van der Waals surface area contributed by atoms with Gasteiger partial charge in [0.1, 0.15) is 0 Å². The number of nitrogens with two attached hydrogens (primary N) is 1. The molecule has 0 aliphatic rings. The predicted octanol–water partition coefficient (Wildman–Crippen LogP) is 4.05. The maximum Gasteiger partial charge on any atom is 0.169 e. The van der Waals surface area contributed by atoms with Crippen molar-refractivity contribution in [3.63, 3.8) is 0 Å². The molecule has 0 unspecified atom stereocenters. The molecule has 3 nitrogen and oxygen atoms in total. The molecule has 0 bridgehead atoms. The summed E-state index contributed by atoms with van der Waals surface area (Å²) in [5, 5.41) is 2.78. The van der Waals surface area contributed by atoms with Crippen LogP contribution in [0.5, 0.6) is 0 Å². The van der Waals surface area contributed by atoms with E-state index in [1.807, 2.05) is 12.1 Å². The Balaban J connectivity index is 2.40. The minimum Gasteiger partial charge on any atom is -0.381 e. The summed E-state index contributed by atoms with van der Waals surface area (Å²) in [6.45, 7) is 0. The SMILES string of the molecule is Nc1nc(Nc2cc(Br)ccc2I)c(F)cc1F. The molecule has 18 heavy (non-hydrogen) atoms. The normalized spacial score (nSPS) is 10.4. The highest BCUT2D eigenvalue weighted by Gasteiger charge is 2.11.